The fraction of sp³-hybridized carbons (Fsp3) is 0.100. The summed E-state index contributed by atoms with van der Waals surface area (Å²) in [5.41, 5.74) is 1.23. The summed E-state index contributed by atoms with van der Waals surface area (Å²) in [5.74, 6) is 0. The van der Waals surface area contributed by atoms with Crippen molar-refractivity contribution in [1.29, 1.82) is 0 Å². The molecule has 23 heavy (non-hydrogen) atoms. The van der Waals surface area contributed by atoms with Gasteiger partial charge in [0.05, 0.1) is 0 Å². The van der Waals surface area contributed by atoms with Gasteiger partial charge in [-0.05, 0) is 0 Å². The Balaban J connectivity index is 2.30. The van der Waals surface area contributed by atoms with E-state index in [4.69, 9.17) is 11.2 Å². The SMILES string of the molecule is CCc1ccc(P(O)(Cl)(c2ccccc2)c2ccccc2)cc1. The van der Waals surface area contributed by atoms with E-state index in [0.717, 1.165) is 22.3 Å². The predicted octanol–water partition coefficient (Wildman–Crippen LogP) is 4.14. The average molecular weight is 343 g/mol. The van der Waals surface area contributed by atoms with Gasteiger partial charge in [-0.3, -0.25) is 0 Å². The first kappa shape index (κ1) is 16.2. The average Bonchev–Trinajstić information content (AvgIpc) is 2.63. The Bertz CT molecular complexity index is 739. The summed E-state index contributed by atoms with van der Waals surface area (Å²) in [5, 5.41) is 2.29. The number of benzene rings is 3. The maximum absolute atomic E-state index is 12.0. The summed E-state index contributed by atoms with van der Waals surface area (Å²) < 4.78 is 0. The molecule has 0 unspecified atom stereocenters. The second-order valence-electron chi connectivity index (χ2n) is 5.66. The molecule has 3 aromatic rings. The molecule has 0 aromatic heterocycles. The third-order valence-electron chi connectivity index (χ3n) is 4.27. The molecule has 0 aliphatic rings. The molecule has 118 valence electrons. The molecular formula is C20H20ClOP. The van der Waals surface area contributed by atoms with Crippen molar-refractivity contribution in [3.05, 3.63) is 90.5 Å². The first-order chi connectivity index (χ1) is 11.1. The molecule has 3 rings (SSSR count). The van der Waals surface area contributed by atoms with E-state index in [9.17, 15) is 4.89 Å². The quantitative estimate of drug-likeness (QED) is 0.706. The van der Waals surface area contributed by atoms with Crippen molar-refractivity contribution in [2.45, 2.75) is 13.3 Å². The van der Waals surface area contributed by atoms with Crippen molar-refractivity contribution >= 4 is 33.3 Å². The van der Waals surface area contributed by atoms with Crippen LogP contribution in [0.4, 0.5) is 0 Å². The minimum absolute atomic E-state index is 0.760. The molecule has 0 aliphatic heterocycles. The van der Waals surface area contributed by atoms with Crippen molar-refractivity contribution in [2.75, 3.05) is 0 Å². The number of rotatable bonds is 4. The normalized spacial score (nSPS) is 13.3. The molecule has 1 nitrogen and oxygen atoms in total. The molecule has 0 radical (unpaired) electrons. The van der Waals surface area contributed by atoms with Crippen LogP contribution in [0.25, 0.3) is 0 Å². The predicted molar refractivity (Wildman–Crippen MR) is 103 cm³/mol. The monoisotopic (exact) mass is 342 g/mol. The second kappa shape index (κ2) is 6.09. The number of hydrogen-bond acceptors (Lipinski definition) is 1. The van der Waals surface area contributed by atoms with Gasteiger partial charge in [-0.2, -0.15) is 0 Å². The van der Waals surface area contributed by atoms with Gasteiger partial charge in [0.15, 0.2) is 0 Å². The van der Waals surface area contributed by atoms with Gasteiger partial charge in [0.25, 0.3) is 0 Å². The van der Waals surface area contributed by atoms with E-state index in [1.54, 1.807) is 0 Å². The Kier molecular flexibility index (Phi) is 4.29. The van der Waals surface area contributed by atoms with Crippen molar-refractivity contribution in [3.63, 3.8) is 0 Å². The van der Waals surface area contributed by atoms with E-state index >= 15 is 0 Å². The van der Waals surface area contributed by atoms with Gasteiger partial charge < -0.3 is 0 Å². The third-order valence-corrected chi connectivity index (χ3v) is 9.75. The molecule has 1 N–H and O–H groups in total. The second-order valence-corrected chi connectivity index (χ2v) is 11.1. The molecule has 0 saturated carbocycles. The van der Waals surface area contributed by atoms with E-state index in [-0.39, 0.29) is 0 Å². The van der Waals surface area contributed by atoms with Gasteiger partial charge in [0.1, 0.15) is 0 Å². The van der Waals surface area contributed by atoms with Crippen molar-refractivity contribution < 1.29 is 4.89 Å². The summed E-state index contributed by atoms with van der Waals surface area (Å²) >= 11 is 7.15. The van der Waals surface area contributed by atoms with E-state index in [1.165, 1.54) is 5.56 Å². The van der Waals surface area contributed by atoms with Crippen LogP contribution >= 0.6 is 17.4 Å². The molecule has 0 amide bonds. The summed E-state index contributed by atoms with van der Waals surface area (Å²) in [4.78, 5) is 12.0. The van der Waals surface area contributed by atoms with Gasteiger partial charge >= 0.3 is 142 Å². The van der Waals surface area contributed by atoms with E-state index in [2.05, 4.69) is 6.92 Å². The standard InChI is InChI=1S/C20H20ClOP/c1-2-17-13-15-20(16-14-17)23(21,22,18-9-5-3-6-10-18)19-11-7-4-8-12-19/h3-16,22H,2H2,1H3. The maximum atomic E-state index is 12.0. The van der Waals surface area contributed by atoms with E-state index in [0.29, 0.717) is 0 Å². The van der Waals surface area contributed by atoms with Crippen molar-refractivity contribution in [1.82, 2.24) is 0 Å². The van der Waals surface area contributed by atoms with Crippen LogP contribution in [0, 0.1) is 0 Å². The Labute approximate surface area is 142 Å². The van der Waals surface area contributed by atoms with Gasteiger partial charge in [0, 0.05) is 0 Å². The number of aryl methyl sites for hydroxylation is 1. The summed E-state index contributed by atoms with van der Waals surface area (Å²) in [6, 6.07) is 27.2. The van der Waals surface area contributed by atoms with Crippen molar-refractivity contribution in [3.8, 4) is 0 Å². The zero-order chi connectivity index (χ0) is 16.4. The Hall–Kier alpha value is -1.66. The summed E-state index contributed by atoms with van der Waals surface area (Å²) in [6.45, 7) is 2.11. The van der Waals surface area contributed by atoms with Crippen LogP contribution in [0.5, 0.6) is 0 Å². The first-order valence-electron chi connectivity index (χ1n) is 7.74. The fourth-order valence-electron chi connectivity index (χ4n) is 2.85. The zero-order valence-electron chi connectivity index (χ0n) is 13.1. The molecule has 0 atom stereocenters. The van der Waals surface area contributed by atoms with E-state index in [1.807, 2.05) is 84.9 Å². The molecule has 3 heteroatoms. The first-order valence-corrected chi connectivity index (χ1v) is 10.8. The summed E-state index contributed by atoms with van der Waals surface area (Å²) in [6.07, 6.45) is -2.98. The third kappa shape index (κ3) is 2.70. The van der Waals surface area contributed by atoms with Crippen LogP contribution in [0.1, 0.15) is 12.5 Å². The Morgan fingerprint density at radius 2 is 1.09 bits per heavy atom. The topological polar surface area (TPSA) is 20.2 Å². The Morgan fingerprint density at radius 1 is 0.696 bits per heavy atom. The molecular weight excluding hydrogens is 323 g/mol. The zero-order valence-corrected chi connectivity index (χ0v) is 14.7. The van der Waals surface area contributed by atoms with Crippen LogP contribution in [0.2, 0.25) is 0 Å². The molecule has 0 heterocycles. The molecule has 0 saturated heterocycles. The Morgan fingerprint density at radius 3 is 1.48 bits per heavy atom. The van der Waals surface area contributed by atoms with Crippen molar-refractivity contribution in [2.24, 2.45) is 0 Å². The van der Waals surface area contributed by atoms with Crippen LogP contribution < -0.4 is 15.9 Å². The van der Waals surface area contributed by atoms with Gasteiger partial charge in [0.2, 0.25) is 0 Å². The molecule has 0 fully saturated rings. The van der Waals surface area contributed by atoms with Crippen LogP contribution in [-0.2, 0) is 6.42 Å². The number of halogens is 1. The molecule has 0 spiro atoms. The van der Waals surface area contributed by atoms with Gasteiger partial charge in [-0.1, -0.05) is 0 Å². The van der Waals surface area contributed by atoms with Gasteiger partial charge in [-0.15, -0.1) is 0 Å². The van der Waals surface area contributed by atoms with Crippen LogP contribution in [0.3, 0.4) is 0 Å². The van der Waals surface area contributed by atoms with Crippen LogP contribution in [0.15, 0.2) is 84.9 Å². The fourth-order valence-corrected chi connectivity index (χ4v) is 6.89. The number of hydrogen-bond donors (Lipinski definition) is 1. The molecule has 0 bridgehead atoms. The van der Waals surface area contributed by atoms with Crippen LogP contribution in [-0.4, -0.2) is 4.89 Å². The molecule has 3 aromatic carbocycles. The summed E-state index contributed by atoms with van der Waals surface area (Å²) in [7, 11) is 0. The molecule has 0 aliphatic carbocycles. The minimum atomic E-state index is -3.94. The van der Waals surface area contributed by atoms with E-state index < -0.39 is 6.18 Å². The van der Waals surface area contributed by atoms with Gasteiger partial charge in [-0.25, -0.2) is 0 Å².